The Labute approximate surface area is 158 Å². The molecule has 140 valence electrons. The first-order valence-corrected chi connectivity index (χ1v) is 9.84. The van der Waals surface area contributed by atoms with Crippen LogP contribution in [0.2, 0.25) is 0 Å². The number of anilines is 1. The van der Waals surface area contributed by atoms with Gasteiger partial charge in [-0.05, 0) is 31.2 Å². The molecule has 7 heteroatoms. The van der Waals surface area contributed by atoms with Crippen molar-refractivity contribution in [3.8, 4) is 5.75 Å². The number of nitrogens with two attached hydrogens (primary N) is 1. The van der Waals surface area contributed by atoms with Gasteiger partial charge in [-0.3, -0.25) is 9.10 Å². The number of hydrogen-bond donors (Lipinski definition) is 1. The Hall–Kier alpha value is -3.06. The van der Waals surface area contributed by atoms with Gasteiger partial charge in [-0.15, -0.1) is 0 Å². The molecule has 0 aliphatic carbocycles. The van der Waals surface area contributed by atoms with Gasteiger partial charge in [0, 0.05) is 17.8 Å². The highest BCUT2D eigenvalue weighted by molar-refractivity contribution is 7.93. The number of hydrogen-bond acceptors (Lipinski definition) is 4. The van der Waals surface area contributed by atoms with Crippen molar-refractivity contribution in [2.75, 3.05) is 18.0 Å². The Morgan fingerprint density at radius 2 is 1.63 bits per heavy atom. The molecule has 0 spiro atoms. The molecule has 0 unspecified atom stereocenters. The van der Waals surface area contributed by atoms with Gasteiger partial charge in [-0.1, -0.05) is 36.4 Å². The first-order valence-electron chi connectivity index (χ1n) is 8.40. The van der Waals surface area contributed by atoms with Gasteiger partial charge >= 0.3 is 0 Å². The SMILES string of the molecule is CCOc1ccc(S(=O)(=O)N(C)c2ccccc2C(N)=O)c2ccccc12. The maximum atomic E-state index is 13.3. The molecular formula is C20H20N2O4S. The van der Waals surface area contributed by atoms with Gasteiger partial charge in [0.25, 0.3) is 15.9 Å². The smallest absolute Gasteiger partial charge is 0.264 e. The predicted molar refractivity (Wildman–Crippen MR) is 106 cm³/mol. The zero-order valence-corrected chi connectivity index (χ0v) is 15.9. The highest BCUT2D eigenvalue weighted by Gasteiger charge is 2.26. The second-order valence-corrected chi connectivity index (χ2v) is 7.83. The lowest BCUT2D eigenvalue weighted by atomic mass is 10.1. The summed E-state index contributed by atoms with van der Waals surface area (Å²) in [6, 6.07) is 16.7. The lowest BCUT2D eigenvalue weighted by molar-refractivity contribution is 0.100. The Balaban J connectivity index is 2.19. The number of amides is 1. The van der Waals surface area contributed by atoms with Crippen molar-refractivity contribution in [2.24, 2.45) is 5.73 Å². The number of rotatable bonds is 6. The van der Waals surface area contributed by atoms with E-state index in [1.165, 1.54) is 19.2 Å². The summed E-state index contributed by atoms with van der Waals surface area (Å²) in [5, 5.41) is 1.25. The van der Waals surface area contributed by atoms with Crippen LogP contribution in [0.5, 0.6) is 5.75 Å². The van der Waals surface area contributed by atoms with Gasteiger partial charge in [0.15, 0.2) is 0 Å². The molecule has 0 fully saturated rings. The van der Waals surface area contributed by atoms with E-state index >= 15 is 0 Å². The quantitative estimate of drug-likeness (QED) is 0.707. The molecule has 0 atom stereocenters. The van der Waals surface area contributed by atoms with E-state index in [9.17, 15) is 13.2 Å². The minimum Gasteiger partial charge on any atom is -0.493 e. The first kappa shape index (κ1) is 18.7. The molecular weight excluding hydrogens is 364 g/mol. The summed E-state index contributed by atoms with van der Waals surface area (Å²) >= 11 is 0. The minimum absolute atomic E-state index is 0.128. The van der Waals surface area contributed by atoms with Crippen molar-refractivity contribution >= 4 is 32.4 Å². The maximum Gasteiger partial charge on any atom is 0.264 e. The second kappa shape index (κ2) is 7.28. The molecule has 0 radical (unpaired) electrons. The number of fused-ring (bicyclic) bond motifs is 1. The zero-order chi connectivity index (χ0) is 19.6. The topological polar surface area (TPSA) is 89.7 Å². The van der Waals surface area contributed by atoms with Crippen LogP contribution in [0, 0.1) is 0 Å². The fourth-order valence-corrected chi connectivity index (χ4v) is 4.39. The second-order valence-electron chi connectivity index (χ2n) is 5.89. The van der Waals surface area contributed by atoms with E-state index in [2.05, 4.69) is 0 Å². The molecule has 0 aliphatic heterocycles. The summed E-state index contributed by atoms with van der Waals surface area (Å²) < 4.78 is 33.3. The summed E-state index contributed by atoms with van der Waals surface area (Å²) in [7, 11) is -2.53. The highest BCUT2D eigenvalue weighted by atomic mass is 32.2. The largest absolute Gasteiger partial charge is 0.493 e. The number of para-hydroxylation sites is 1. The van der Waals surface area contributed by atoms with Crippen LogP contribution in [0.3, 0.4) is 0 Å². The third-order valence-electron chi connectivity index (χ3n) is 4.29. The fourth-order valence-electron chi connectivity index (χ4n) is 2.98. The van der Waals surface area contributed by atoms with E-state index in [0.717, 1.165) is 4.31 Å². The number of carbonyl (C=O) groups is 1. The molecule has 2 N–H and O–H groups in total. The summed E-state index contributed by atoms with van der Waals surface area (Å²) in [5.41, 5.74) is 5.76. The highest BCUT2D eigenvalue weighted by Crippen LogP contribution is 2.34. The van der Waals surface area contributed by atoms with Crippen molar-refractivity contribution in [2.45, 2.75) is 11.8 Å². The predicted octanol–water partition coefficient (Wildman–Crippen LogP) is 3.16. The van der Waals surface area contributed by atoms with Crippen LogP contribution >= 0.6 is 0 Å². The Bertz CT molecular complexity index is 1110. The number of carbonyl (C=O) groups excluding carboxylic acids is 1. The molecule has 6 nitrogen and oxygen atoms in total. The lowest BCUT2D eigenvalue weighted by Gasteiger charge is -2.22. The van der Waals surface area contributed by atoms with Crippen molar-refractivity contribution in [3.63, 3.8) is 0 Å². The van der Waals surface area contributed by atoms with E-state index in [4.69, 9.17) is 10.5 Å². The standard InChI is InChI=1S/C20H20N2O4S/c1-3-26-18-12-13-19(15-9-5-4-8-14(15)18)27(24,25)22(2)17-11-7-6-10-16(17)20(21)23/h4-13H,3H2,1-2H3,(H2,21,23). The van der Waals surface area contributed by atoms with Gasteiger partial charge < -0.3 is 10.5 Å². The van der Waals surface area contributed by atoms with E-state index in [1.807, 2.05) is 19.1 Å². The number of benzene rings is 3. The van der Waals surface area contributed by atoms with Crippen LogP contribution in [-0.2, 0) is 10.0 Å². The Morgan fingerprint density at radius 1 is 1.00 bits per heavy atom. The van der Waals surface area contributed by atoms with Crippen LogP contribution in [0.4, 0.5) is 5.69 Å². The Morgan fingerprint density at radius 3 is 2.30 bits per heavy atom. The van der Waals surface area contributed by atoms with Crippen molar-refractivity contribution in [1.82, 2.24) is 0 Å². The van der Waals surface area contributed by atoms with Crippen LogP contribution in [0.15, 0.2) is 65.6 Å². The zero-order valence-electron chi connectivity index (χ0n) is 15.0. The van der Waals surface area contributed by atoms with Gasteiger partial charge in [0.1, 0.15) is 5.75 Å². The van der Waals surface area contributed by atoms with Gasteiger partial charge in [0.05, 0.1) is 22.8 Å². The van der Waals surface area contributed by atoms with Crippen LogP contribution < -0.4 is 14.8 Å². The summed E-state index contributed by atoms with van der Waals surface area (Å²) in [6.45, 7) is 2.34. The van der Waals surface area contributed by atoms with Crippen LogP contribution in [-0.4, -0.2) is 28.0 Å². The third-order valence-corrected chi connectivity index (χ3v) is 6.12. The summed E-state index contributed by atoms with van der Waals surface area (Å²) in [6.07, 6.45) is 0. The first-order chi connectivity index (χ1) is 12.9. The minimum atomic E-state index is -3.94. The molecule has 0 heterocycles. The van der Waals surface area contributed by atoms with Crippen LogP contribution in [0.25, 0.3) is 10.8 Å². The summed E-state index contributed by atoms with van der Waals surface area (Å²) in [4.78, 5) is 11.8. The lowest BCUT2D eigenvalue weighted by Crippen LogP contribution is -2.29. The number of primary amides is 1. The average molecular weight is 384 g/mol. The molecule has 0 aliphatic rings. The van der Waals surface area contributed by atoms with Crippen molar-refractivity contribution in [3.05, 3.63) is 66.2 Å². The molecule has 0 bridgehead atoms. The van der Waals surface area contributed by atoms with Gasteiger partial charge in [-0.2, -0.15) is 0 Å². The van der Waals surface area contributed by atoms with Gasteiger partial charge in [0.2, 0.25) is 0 Å². The molecule has 0 saturated heterocycles. The molecule has 0 saturated carbocycles. The number of sulfonamides is 1. The molecule has 0 aromatic heterocycles. The summed E-state index contributed by atoms with van der Waals surface area (Å²) in [5.74, 6) is -0.0727. The van der Waals surface area contributed by atoms with Crippen molar-refractivity contribution < 1.29 is 17.9 Å². The normalized spacial score (nSPS) is 11.3. The van der Waals surface area contributed by atoms with Gasteiger partial charge in [-0.25, -0.2) is 8.42 Å². The van der Waals surface area contributed by atoms with E-state index in [-0.39, 0.29) is 16.1 Å². The molecule has 3 rings (SSSR count). The number of nitrogens with zero attached hydrogens (tertiary/aromatic N) is 1. The fraction of sp³-hybridized carbons (Fsp3) is 0.150. The Kier molecular flexibility index (Phi) is 5.05. The van der Waals surface area contributed by atoms with Crippen molar-refractivity contribution in [1.29, 1.82) is 0 Å². The maximum absolute atomic E-state index is 13.3. The molecule has 27 heavy (non-hydrogen) atoms. The number of ether oxygens (including phenoxy) is 1. The molecule has 3 aromatic rings. The van der Waals surface area contributed by atoms with E-state index < -0.39 is 15.9 Å². The average Bonchev–Trinajstić information content (AvgIpc) is 2.67. The van der Waals surface area contributed by atoms with E-state index in [0.29, 0.717) is 23.1 Å². The monoisotopic (exact) mass is 384 g/mol. The van der Waals surface area contributed by atoms with E-state index in [1.54, 1.807) is 36.4 Å². The van der Waals surface area contributed by atoms with Crippen LogP contribution in [0.1, 0.15) is 17.3 Å². The third kappa shape index (κ3) is 3.33. The molecule has 3 aromatic carbocycles. The molecule has 1 amide bonds.